The van der Waals surface area contributed by atoms with E-state index in [2.05, 4.69) is 18.9 Å². The molecule has 1 fully saturated rings. The molecule has 0 saturated heterocycles. The van der Waals surface area contributed by atoms with Gasteiger partial charge in [0.25, 0.3) is 0 Å². The van der Waals surface area contributed by atoms with Gasteiger partial charge in [0.15, 0.2) is 0 Å². The second-order valence-corrected chi connectivity index (χ2v) is 4.09. The zero-order chi connectivity index (χ0) is 8.97. The van der Waals surface area contributed by atoms with Gasteiger partial charge in [-0.2, -0.15) is 0 Å². The van der Waals surface area contributed by atoms with Crippen molar-refractivity contribution in [3.05, 3.63) is 0 Å². The highest BCUT2D eigenvalue weighted by Crippen LogP contribution is 2.26. The molecule has 1 aliphatic carbocycles. The van der Waals surface area contributed by atoms with Crippen molar-refractivity contribution in [2.45, 2.75) is 38.6 Å². The highest BCUT2D eigenvalue weighted by molar-refractivity contribution is 4.75. The number of rotatable bonds is 3. The monoisotopic (exact) mass is 171 g/mol. The van der Waals surface area contributed by atoms with Crippen molar-refractivity contribution in [2.75, 3.05) is 20.9 Å². The number of hydrogen-bond donors (Lipinski definition) is 0. The Labute approximate surface area is 75.9 Å². The molecule has 12 heavy (non-hydrogen) atoms. The van der Waals surface area contributed by atoms with E-state index in [1.165, 1.54) is 25.7 Å². The molecule has 1 saturated carbocycles. The number of ether oxygens (including phenoxy) is 1. The molecule has 0 aromatic carbocycles. The molecule has 0 aromatic rings. The summed E-state index contributed by atoms with van der Waals surface area (Å²) >= 11 is 0. The summed E-state index contributed by atoms with van der Waals surface area (Å²) in [6.45, 7) is 3.13. The van der Waals surface area contributed by atoms with Crippen LogP contribution in [0.3, 0.4) is 0 Å². The van der Waals surface area contributed by atoms with Crippen molar-refractivity contribution >= 4 is 0 Å². The molecule has 0 N–H and O–H groups in total. The molecular formula is C10H21NO. The van der Waals surface area contributed by atoms with Crippen LogP contribution in [0.4, 0.5) is 0 Å². The van der Waals surface area contributed by atoms with Crippen LogP contribution in [0.25, 0.3) is 0 Å². The molecule has 0 radical (unpaired) electrons. The van der Waals surface area contributed by atoms with E-state index in [0.717, 1.165) is 18.7 Å². The third-order valence-corrected chi connectivity index (χ3v) is 2.94. The average Bonchev–Trinajstić information content (AvgIpc) is 2.06. The largest absolute Gasteiger partial charge is 0.369 e. The van der Waals surface area contributed by atoms with E-state index in [4.69, 9.17) is 4.74 Å². The van der Waals surface area contributed by atoms with Gasteiger partial charge in [-0.1, -0.05) is 6.92 Å². The van der Waals surface area contributed by atoms with Crippen molar-refractivity contribution in [3.8, 4) is 0 Å². The summed E-state index contributed by atoms with van der Waals surface area (Å²) in [5.74, 6) is 0.942. The molecule has 72 valence electrons. The van der Waals surface area contributed by atoms with Gasteiger partial charge < -0.3 is 4.74 Å². The van der Waals surface area contributed by atoms with Crippen LogP contribution in [-0.4, -0.2) is 31.8 Å². The summed E-state index contributed by atoms with van der Waals surface area (Å²) in [6, 6.07) is 0.765. The van der Waals surface area contributed by atoms with Gasteiger partial charge in [-0.15, -0.1) is 0 Å². The summed E-state index contributed by atoms with van der Waals surface area (Å²) in [6.07, 6.45) is 5.47. The summed E-state index contributed by atoms with van der Waals surface area (Å²) in [5.41, 5.74) is 0. The topological polar surface area (TPSA) is 12.5 Å². The summed E-state index contributed by atoms with van der Waals surface area (Å²) in [7, 11) is 3.92. The first kappa shape index (κ1) is 10.0. The van der Waals surface area contributed by atoms with E-state index in [1.54, 1.807) is 7.11 Å². The summed E-state index contributed by atoms with van der Waals surface area (Å²) in [4.78, 5) is 2.33. The van der Waals surface area contributed by atoms with Crippen LogP contribution in [-0.2, 0) is 4.74 Å². The second-order valence-electron chi connectivity index (χ2n) is 4.09. The molecule has 1 rings (SSSR count). The number of hydrogen-bond acceptors (Lipinski definition) is 2. The molecule has 0 aromatic heterocycles. The Kier molecular flexibility index (Phi) is 4.02. The van der Waals surface area contributed by atoms with Crippen LogP contribution in [0.1, 0.15) is 32.6 Å². The Morgan fingerprint density at radius 3 is 2.33 bits per heavy atom. The fraction of sp³-hybridized carbons (Fsp3) is 1.00. The van der Waals surface area contributed by atoms with Crippen molar-refractivity contribution < 1.29 is 4.74 Å². The molecule has 0 unspecified atom stereocenters. The Hall–Kier alpha value is -0.0800. The molecule has 0 aliphatic heterocycles. The normalized spacial score (nSPS) is 31.0. The molecule has 0 bridgehead atoms. The third-order valence-electron chi connectivity index (χ3n) is 2.94. The van der Waals surface area contributed by atoms with E-state index >= 15 is 0 Å². The summed E-state index contributed by atoms with van der Waals surface area (Å²) < 4.78 is 5.11. The van der Waals surface area contributed by atoms with Crippen LogP contribution in [0, 0.1) is 5.92 Å². The van der Waals surface area contributed by atoms with E-state index in [0.29, 0.717) is 0 Å². The van der Waals surface area contributed by atoms with Gasteiger partial charge in [-0.05, 0) is 38.6 Å². The van der Waals surface area contributed by atoms with E-state index < -0.39 is 0 Å². The van der Waals surface area contributed by atoms with Gasteiger partial charge >= 0.3 is 0 Å². The lowest BCUT2D eigenvalue weighted by Crippen LogP contribution is -2.35. The Morgan fingerprint density at radius 1 is 1.25 bits per heavy atom. The maximum Gasteiger partial charge on any atom is 0.0986 e. The van der Waals surface area contributed by atoms with Crippen molar-refractivity contribution in [2.24, 2.45) is 5.92 Å². The molecule has 0 spiro atoms. The predicted octanol–water partition coefficient (Wildman–Crippen LogP) is 2.10. The quantitative estimate of drug-likeness (QED) is 0.603. The highest BCUT2D eigenvalue weighted by atomic mass is 16.5. The summed E-state index contributed by atoms with van der Waals surface area (Å²) in [5, 5.41) is 0. The van der Waals surface area contributed by atoms with Gasteiger partial charge in [0.05, 0.1) is 6.73 Å². The Balaban J connectivity index is 2.24. The number of methoxy groups -OCH3 is 1. The molecule has 2 nitrogen and oxygen atoms in total. The fourth-order valence-electron chi connectivity index (χ4n) is 1.99. The zero-order valence-corrected chi connectivity index (χ0v) is 8.55. The minimum absolute atomic E-state index is 0.765. The lowest BCUT2D eigenvalue weighted by atomic mass is 9.87. The number of nitrogens with zero attached hydrogens (tertiary/aromatic N) is 1. The van der Waals surface area contributed by atoms with Gasteiger partial charge in [0.1, 0.15) is 0 Å². The van der Waals surface area contributed by atoms with Gasteiger partial charge in [0, 0.05) is 13.2 Å². The fourth-order valence-corrected chi connectivity index (χ4v) is 1.99. The minimum Gasteiger partial charge on any atom is -0.369 e. The molecule has 2 heteroatoms. The lowest BCUT2D eigenvalue weighted by molar-refractivity contribution is 0.0366. The van der Waals surface area contributed by atoms with E-state index in [9.17, 15) is 0 Å². The van der Waals surface area contributed by atoms with Gasteiger partial charge in [-0.3, -0.25) is 4.90 Å². The minimum atomic E-state index is 0.765. The zero-order valence-electron chi connectivity index (χ0n) is 8.55. The average molecular weight is 171 g/mol. The predicted molar refractivity (Wildman–Crippen MR) is 51.1 cm³/mol. The maximum atomic E-state index is 5.11. The van der Waals surface area contributed by atoms with Crippen molar-refractivity contribution in [1.82, 2.24) is 4.90 Å². The smallest absolute Gasteiger partial charge is 0.0986 e. The van der Waals surface area contributed by atoms with Crippen LogP contribution in [0.2, 0.25) is 0 Å². The van der Waals surface area contributed by atoms with Crippen LogP contribution in [0.5, 0.6) is 0 Å². The van der Waals surface area contributed by atoms with Crippen LogP contribution < -0.4 is 0 Å². The van der Waals surface area contributed by atoms with Gasteiger partial charge in [0.2, 0.25) is 0 Å². The molecule has 0 amide bonds. The molecule has 0 atom stereocenters. The van der Waals surface area contributed by atoms with E-state index in [1.807, 2.05) is 0 Å². The first-order valence-electron chi connectivity index (χ1n) is 4.93. The van der Waals surface area contributed by atoms with Crippen molar-refractivity contribution in [3.63, 3.8) is 0 Å². The van der Waals surface area contributed by atoms with E-state index in [-0.39, 0.29) is 0 Å². The standard InChI is InChI=1S/C10H21NO/c1-9-4-6-10(7-5-9)11(2)8-12-3/h9-10H,4-8H2,1-3H3/t9-,10-. The Bertz CT molecular complexity index is 119. The Morgan fingerprint density at radius 2 is 1.83 bits per heavy atom. The van der Waals surface area contributed by atoms with Crippen molar-refractivity contribution in [1.29, 1.82) is 0 Å². The lowest BCUT2D eigenvalue weighted by Gasteiger charge is -2.32. The SMILES string of the molecule is COCN(C)[C@H]1CC[C@H](C)CC1. The highest BCUT2D eigenvalue weighted by Gasteiger charge is 2.20. The second kappa shape index (κ2) is 4.83. The van der Waals surface area contributed by atoms with Gasteiger partial charge in [-0.25, -0.2) is 0 Å². The first-order chi connectivity index (χ1) is 5.74. The molecular weight excluding hydrogens is 150 g/mol. The third kappa shape index (κ3) is 2.76. The first-order valence-corrected chi connectivity index (χ1v) is 4.93. The maximum absolute atomic E-state index is 5.11. The van der Waals surface area contributed by atoms with Crippen LogP contribution >= 0.6 is 0 Å². The molecule has 0 heterocycles. The molecule has 1 aliphatic rings. The van der Waals surface area contributed by atoms with Crippen LogP contribution in [0.15, 0.2) is 0 Å².